The summed E-state index contributed by atoms with van der Waals surface area (Å²) in [5.74, 6) is 1.51. The van der Waals surface area contributed by atoms with E-state index in [0.29, 0.717) is 12.0 Å². The number of pyridine rings is 1. The average molecular weight is 319 g/mol. The van der Waals surface area contributed by atoms with E-state index in [-0.39, 0.29) is 6.10 Å². The fraction of sp³-hybridized carbons (Fsp3) is 0.545. The van der Waals surface area contributed by atoms with Crippen molar-refractivity contribution >= 4 is 22.6 Å². The lowest BCUT2D eigenvalue weighted by molar-refractivity contribution is 0.229. The highest BCUT2D eigenvalue weighted by Crippen LogP contribution is 2.29. The van der Waals surface area contributed by atoms with E-state index in [1.807, 2.05) is 26.0 Å². The van der Waals surface area contributed by atoms with Crippen LogP contribution in [0.25, 0.3) is 0 Å². The van der Waals surface area contributed by atoms with Gasteiger partial charge in [-0.15, -0.1) is 0 Å². The molecule has 1 aromatic rings. The van der Waals surface area contributed by atoms with Gasteiger partial charge in [-0.3, -0.25) is 0 Å². The van der Waals surface area contributed by atoms with Gasteiger partial charge in [0, 0.05) is 12.1 Å². The summed E-state index contributed by atoms with van der Waals surface area (Å²) in [5.41, 5.74) is 0. The molecule has 0 radical (unpaired) electrons. The average Bonchev–Trinajstić information content (AvgIpc) is 2.85. The van der Waals surface area contributed by atoms with E-state index in [1.54, 1.807) is 0 Å². The van der Waals surface area contributed by atoms with Gasteiger partial charge in [-0.25, -0.2) is 4.98 Å². The van der Waals surface area contributed by atoms with Crippen molar-refractivity contribution in [3.05, 3.63) is 15.8 Å². The standard InChI is InChI=1S/C11H14INO2/c1-7(2)14-11-6-9(5-10(12)13-11)15-8-3-4-8/h5-8H,3-4H2,1-2H3. The lowest BCUT2D eigenvalue weighted by Crippen LogP contribution is -2.08. The number of ether oxygens (including phenoxy) is 2. The number of aromatic nitrogens is 1. The first-order chi connectivity index (χ1) is 7.13. The van der Waals surface area contributed by atoms with Crippen LogP contribution in [0.1, 0.15) is 26.7 Å². The lowest BCUT2D eigenvalue weighted by Gasteiger charge is -2.11. The molecule has 0 amide bonds. The number of halogens is 1. The Morgan fingerprint density at radius 1 is 1.40 bits per heavy atom. The van der Waals surface area contributed by atoms with Crippen molar-refractivity contribution in [3.63, 3.8) is 0 Å². The molecule has 0 saturated heterocycles. The molecule has 0 spiro atoms. The molecule has 15 heavy (non-hydrogen) atoms. The minimum Gasteiger partial charge on any atom is -0.490 e. The summed E-state index contributed by atoms with van der Waals surface area (Å²) in [6.07, 6.45) is 2.89. The highest BCUT2D eigenvalue weighted by molar-refractivity contribution is 14.1. The van der Waals surface area contributed by atoms with Crippen LogP contribution in [0, 0.1) is 3.70 Å². The normalized spacial score (nSPS) is 15.5. The van der Waals surface area contributed by atoms with Crippen molar-refractivity contribution in [1.82, 2.24) is 4.98 Å². The molecule has 2 rings (SSSR count). The quantitative estimate of drug-likeness (QED) is 0.631. The maximum absolute atomic E-state index is 5.70. The predicted molar refractivity (Wildman–Crippen MR) is 66.4 cm³/mol. The summed E-state index contributed by atoms with van der Waals surface area (Å²) in [6, 6.07) is 3.80. The van der Waals surface area contributed by atoms with Gasteiger partial charge >= 0.3 is 0 Å². The third-order valence-electron chi connectivity index (χ3n) is 1.93. The van der Waals surface area contributed by atoms with Crippen LogP contribution in [-0.4, -0.2) is 17.2 Å². The third kappa shape index (κ3) is 3.52. The Hall–Kier alpha value is -0.520. The highest BCUT2D eigenvalue weighted by Gasteiger charge is 2.23. The van der Waals surface area contributed by atoms with Crippen molar-refractivity contribution in [2.45, 2.75) is 38.9 Å². The largest absolute Gasteiger partial charge is 0.490 e. The number of rotatable bonds is 4. The molecule has 82 valence electrons. The molecule has 0 N–H and O–H groups in total. The van der Waals surface area contributed by atoms with Crippen molar-refractivity contribution in [1.29, 1.82) is 0 Å². The Bertz CT molecular complexity index is 328. The minimum atomic E-state index is 0.143. The van der Waals surface area contributed by atoms with Gasteiger partial charge in [0.1, 0.15) is 9.45 Å². The summed E-state index contributed by atoms with van der Waals surface area (Å²) >= 11 is 2.17. The second kappa shape index (κ2) is 4.55. The zero-order valence-electron chi connectivity index (χ0n) is 8.87. The van der Waals surface area contributed by atoms with E-state index >= 15 is 0 Å². The van der Waals surface area contributed by atoms with E-state index in [1.165, 1.54) is 12.8 Å². The van der Waals surface area contributed by atoms with Gasteiger partial charge in [0.05, 0.1) is 12.2 Å². The molecule has 0 atom stereocenters. The van der Waals surface area contributed by atoms with Crippen molar-refractivity contribution in [3.8, 4) is 11.6 Å². The lowest BCUT2D eigenvalue weighted by atomic mass is 10.4. The van der Waals surface area contributed by atoms with Crippen LogP contribution in [0.4, 0.5) is 0 Å². The summed E-state index contributed by atoms with van der Waals surface area (Å²) in [6.45, 7) is 3.98. The molecule has 1 aliphatic rings. The van der Waals surface area contributed by atoms with E-state index in [0.717, 1.165) is 9.45 Å². The molecule has 0 aliphatic heterocycles. The molecule has 3 nitrogen and oxygen atoms in total. The van der Waals surface area contributed by atoms with Crippen LogP contribution in [0.3, 0.4) is 0 Å². The Balaban J connectivity index is 2.11. The first-order valence-corrected chi connectivity index (χ1v) is 6.22. The first kappa shape index (κ1) is 11.0. The second-order valence-electron chi connectivity index (χ2n) is 3.95. The van der Waals surface area contributed by atoms with E-state index in [2.05, 4.69) is 27.6 Å². The SMILES string of the molecule is CC(C)Oc1cc(OC2CC2)cc(I)n1. The molecular weight excluding hydrogens is 305 g/mol. The Morgan fingerprint density at radius 2 is 2.13 bits per heavy atom. The summed E-state index contributed by atoms with van der Waals surface area (Å²) in [7, 11) is 0. The number of hydrogen-bond donors (Lipinski definition) is 0. The monoisotopic (exact) mass is 319 g/mol. The Morgan fingerprint density at radius 3 is 2.73 bits per heavy atom. The van der Waals surface area contributed by atoms with E-state index < -0.39 is 0 Å². The van der Waals surface area contributed by atoms with Gasteiger partial charge in [-0.2, -0.15) is 0 Å². The fourth-order valence-corrected chi connectivity index (χ4v) is 1.74. The zero-order chi connectivity index (χ0) is 10.8. The van der Waals surface area contributed by atoms with Gasteiger partial charge in [-0.1, -0.05) is 0 Å². The Kier molecular flexibility index (Phi) is 3.33. The van der Waals surface area contributed by atoms with Crippen LogP contribution in [0.5, 0.6) is 11.6 Å². The van der Waals surface area contributed by atoms with Gasteiger partial charge in [0.15, 0.2) is 0 Å². The predicted octanol–water partition coefficient (Wildman–Crippen LogP) is 3.01. The molecule has 1 aliphatic carbocycles. The third-order valence-corrected chi connectivity index (χ3v) is 2.48. The summed E-state index contributed by atoms with van der Waals surface area (Å²) < 4.78 is 12.1. The molecule has 1 heterocycles. The van der Waals surface area contributed by atoms with E-state index in [4.69, 9.17) is 9.47 Å². The van der Waals surface area contributed by atoms with Gasteiger partial charge in [0.2, 0.25) is 5.88 Å². The van der Waals surface area contributed by atoms with Crippen LogP contribution >= 0.6 is 22.6 Å². The minimum absolute atomic E-state index is 0.143. The topological polar surface area (TPSA) is 31.4 Å². The van der Waals surface area contributed by atoms with Crippen LogP contribution in [0.15, 0.2) is 12.1 Å². The molecule has 1 aromatic heterocycles. The molecule has 4 heteroatoms. The second-order valence-corrected chi connectivity index (χ2v) is 5.05. The van der Waals surface area contributed by atoms with Crippen molar-refractivity contribution < 1.29 is 9.47 Å². The van der Waals surface area contributed by atoms with Gasteiger partial charge in [0.25, 0.3) is 0 Å². The van der Waals surface area contributed by atoms with Crippen molar-refractivity contribution in [2.24, 2.45) is 0 Å². The maximum Gasteiger partial charge on any atom is 0.218 e. The molecule has 0 aromatic carbocycles. The maximum atomic E-state index is 5.70. The smallest absolute Gasteiger partial charge is 0.218 e. The summed E-state index contributed by atoms with van der Waals surface area (Å²) in [5, 5.41) is 0. The fourth-order valence-electron chi connectivity index (χ4n) is 1.20. The zero-order valence-corrected chi connectivity index (χ0v) is 11.0. The molecular formula is C11H14INO2. The first-order valence-electron chi connectivity index (χ1n) is 5.14. The van der Waals surface area contributed by atoms with Gasteiger partial charge in [-0.05, 0) is 49.3 Å². The highest BCUT2D eigenvalue weighted by atomic mass is 127. The van der Waals surface area contributed by atoms with Crippen LogP contribution in [0.2, 0.25) is 0 Å². The van der Waals surface area contributed by atoms with Gasteiger partial charge < -0.3 is 9.47 Å². The van der Waals surface area contributed by atoms with E-state index in [9.17, 15) is 0 Å². The molecule has 1 fully saturated rings. The Labute approximate surface area is 103 Å². The van der Waals surface area contributed by atoms with Crippen LogP contribution in [-0.2, 0) is 0 Å². The summed E-state index contributed by atoms with van der Waals surface area (Å²) in [4.78, 5) is 4.29. The number of nitrogens with zero attached hydrogens (tertiary/aromatic N) is 1. The van der Waals surface area contributed by atoms with Crippen molar-refractivity contribution in [2.75, 3.05) is 0 Å². The molecule has 1 saturated carbocycles. The molecule has 0 bridgehead atoms. The number of hydrogen-bond acceptors (Lipinski definition) is 3. The molecule has 0 unspecified atom stereocenters. The van der Waals surface area contributed by atoms with Crippen LogP contribution < -0.4 is 9.47 Å².